The maximum Gasteiger partial charge on any atom is 0.0361 e. The third-order valence-electron chi connectivity index (χ3n) is 1.58. The molecule has 0 amide bonds. The fraction of sp³-hybridized carbons (Fsp3) is 0.667. The second kappa shape index (κ2) is 6.47. The van der Waals surface area contributed by atoms with E-state index in [0.29, 0.717) is 5.25 Å². The van der Waals surface area contributed by atoms with Crippen LogP contribution in [0.1, 0.15) is 20.8 Å². The van der Waals surface area contributed by atoms with E-state index in [4.69, 9.17) is 0 Å². The molecule has 0 heterocycles. The Labute approximate surface area is 74.0 Å². The zero-order chi connectivity index (χ0) is 8.69. The van der Waals surface area contributed by atoms with Gasteiger partial charge < -0.3 is 0 Å². The molecule has 0 spiro atoms. The minimum Gasteiger partial charge on any atom is -0.293 e. The number of rotatable bonds is 4. The molecule has 0 aromatic heterocycles. The first-order chi connectivity index (χ1) is 5.26. The lowest BCUT2D eigenvalue weighted by Crippen LogP contribution is -2.01. The van der Waals surface area contributed by atoms with Crippen molar-refractivity contribution in [2.75, 3.05) is 12.8 Å². The molecule has 0 saturated heterocycles. The predicted octanol–water partition coefficient (Wildman–Crippen LogP) is 2.77. The molecule has 11 heavy (non-hydrogen) atoms. The Morgan fingerprint density at radius 3 is 2.64 bits per heavy atom. The minimum absolute atomic E-state index is 0.565. The van der Waals surface area contributed by atoms with E-state index in [-0.39, 0.29) is 0 Å². The van der Waals surface area contributed by atoms with Crippen LogP contribution >= 0.6 is 11.8 Å². The first-order valence-electron chi connectivity index (χ1n) is 3.95. The van der Waals surface area contributed by atoms with E-state index in [1.807, 2.05) is 24.9 Å². The number of hydrogen-bond acceptors (Lipinski definition) is 2. The highest BCUT2D eigenvalue weighted by Crippen LogP contribution is 2.13. The zero-order valence-electron chi connectivity index (χ0n) is 7.79. The summed E-state index contributed by atoms with van der Waals surface area (Å²) in [7, 11) is 0. The van der Waals surface area contributed by atoms with E-state index in [9.17, 15) is 0 Å². The molecule has 2 heteroatoms. The van der Waals surface area contributed by atoms with Crippen LogP contribution in [0.15, 0.2) is 16.6 Å². The summed E-state index contributed by atoms with van der Waals surface area (Å²) in [4.78, 5) is 4.21. The Morgan fingerprint density at radius 2 is 2.27 bits per heavy atom. The molecule has 0 bridgehead atoms. The van der Waals surface area contributed by atoms with Gasteiger partial charge in [-0.2, -0.15) is 11.8 Å². The fourth-order valence-corrected chi connectivity index (χ4v) is 1.22. The molecule has 0 saturated carbocycles. The van der Waals surface area contributed by atoms with Crippen LogP contribution in [0.25, 0.3) is 0 Å². The van der Waals surface area contributed by atoms with Gasteiger partial charge in [-0.15, -0.1) is 0 Å². The average Bonchev–Trinajstić information content (AvgIpc) is 2.05. The highest BCUT2D eigenvalue weighted by Gasteiger charge is 2.01. The number of aliphatic imine (C=N–C) groups is 1. The summed E-state index contributed by atoms with van der Waals surface area (Å²) in [6.45, 7) is 7.18. The van der Waals surface area contributed by atoms with Crippen molar-refractivity contribution in [3.63, 3.8) is 0 Å². The summed E-state index contributed by atoms with van der Waals surface area (Å²) in [5.74, 6) is 0. The Balaban J connectivity index is 4.07. The Bertz CT molecular complexity index is 150. The number of nitrogens with zero attached hydrogens (tertiary/aromatic N) is 1. The highest BCUT2D eigenvalue weighted by atomic mass is 32.2. The lowest BCUT2D eigenvalue weighted by atomic mass is 10.2. The van der Waals surface area contributed by atoms with Gasteiger partial charge in [-0.25, -0.2) is 0 Å². The summed E-state index contributed by atoms with van der Waals surface area (Å²) in [5, 5.41) is 0.565. The van der Waals surface area contributed by atoms with Crippen LogP contribution in [0.3, 0.4) is 0 Å². The molecule has 64 valence electrons. The van der Waals surface area contributed by atoms with Gasteiger partial charge in [0.1, 0.15) is 0 Å². The third-order valence-corrected chi connectivity index (χ3v) is 2.56. The third kappa shape index (κ3) is 4.25. The quantitative estimate of drug-likeness (QED) is 0.592. The number of hydrogen-bond donors (Lipinski definition) is 0. The maximum atomic E-state index is 4.21. The van der Waals surface area contributed by atoms with Crippen molar-refractivity contribution in [2.45, 2.75) is 26.0 Å². The van der Waals surface area contributed by atoms with Crippen molar-refractivity contribution in [3.8, 4) is 0 Å². The van der Waals surface area contributed by atoms with Crippen molar-refractivity contribution >= 4 is 18.0 Å². The minimum atomic E-state index is 0.565. The largest absolute Gasteiger partial charge is 0.293 e. The van der Waals surface area contributed by atoms with Gasteiger partial charge in [0, 0.05) is 18.0 Å². The molecular weight excluding hydrogens is 154 g/mol. The molecule has 0 aliphatic heterocycles. The van der Waals surface area contributed by atoms with Crippen LogP contribution in [-0.4, -0.2) is 24.3 Å². The molecule has 0 N–H and O–H groups in total. The van der Waals surface area contributed by atoms with Gasteiger partial charge in [0.25, 0.3) is 0 Å². The SMILES string of the molecule is CC=C(C=NCC)C(C)SC. The van der Waals surface area contributed by atoms with Crippen molar-refractivity contribution in [2.24, 2.45) is 4.99 Å². The molecule has 1 nitrogen and oxygen atoms in total. The molecule has 0 aliphatic carbocycles. The molecule has 1 unspecified atom stereocenters. The van der Waals surface area contributed by atoms with Crippen LogP contribution in [0.4, 0.5) is 0 Å². The van der Waals surface area contributed by atoms with E-state index in [1.165, 1.54) is 5.57 Å². The Hall–Kier alpha value is -0.240. The summed E-state index contributed by atoms with van der Waals surface area (Å²) >= 11 is 1.85. The monoisotopic (exact) mass is 171 g/mol. The molecule has 0 aromatic rings. The van der Waals surface area contributed by atoms with Crippen LogP contribution in [0, 0.1) is 0 Å². The van der Waals surface area contributed by atoms with Gasteiger partial charge in [0.15, 0.2) is 0 Å². The summed E-state index contributed by atoms with van der Waals surface area (Å²) < 4.78 is 0. The second-order valence-electron chi connectivity index (χ2n) is 2.29. The lowest BCUT2D eigenvalue weighted by Gasteiger charge is -2.07. The van der Waals surface area contributed by atoms with E-state index >= 15 is 0 Å². The van der Waals surface area contributed by atoms with Crippen LogP contribution in [0.2, 0.25) is 0 Å². The Kier molecular flexibility index (Phi) is 6.33. The zero-order valence-corrected chi connectivity index (χ0v) is 8.61. The fourth-order valence-electron chi connectivity index (χ4n) is 0.747. The van der Waals surface area contributed by atoms with Crippen LogP contribution in [-0.2, 0) is 0 Å². The van der Waals surface area contributed by atoms with Gasteiger partial charge in [0.2, 0.25) is 0 Å². The van der Waals surface area contributed by atoms with Gasteiger partial charge in [-0.05, 0) is 32.6 Å². The standard InChI is InChI=1S/C9H17NS/c1-5-9(7-10-6-2)8(3)11-4/h5,7-8H,6H2,1-4H3. The summed E-state index contributed by atoms with van der Waals surface area (Å²) in [5.41, 5.74) is 1.32. The predicted molar refractivity (Wildman–Crippen MR) is 55.8 cm³/mol. The van der Waals surface area contributed by atoms with Crippen molar-refractivity contribution in [1.29, 1.82) is 0 Å². The molecule has 0 fully saturated rings. The van der Waals surface area contributed by atoms with E-state index in [2.05, 4.69) is 31.2 Å². The molecule has 1 atom stereocenters. The van der Waals surface area contributed by atoms with Crippen LogP contribution in [0.5, 0.6) is 0 Å². The van der Waals surface area contributed by atoms with Crippen LogP contribution < -0.4 is 0 Å². The van der Waals surface area contributed by atoms with Crippen molar-refractivity contribution in [1.82, 2.24) is 0 Å². The van der Waals surface area contributed by atoms with E-state index in [0.717, 1.165) is 6.54 Å². The van der Waals surface area contributed by atoms with Crippen molar-refractivity contribution < 1.29 is 0 Å². The van der Waals surface area contributed by atoms with Gasteiger partial charge in [0.05, 0.1) is 0 Å². The maximum absolute atomic E-state index is 4.21. The molecule has 0 aromatic carbocycles. The number of thioether (sulfide) groups is 1. The normalized spacial score (nSPS) is 15.8. The van der Waals surface area contributed by atoms with E-state index in [1.54, 1.807) is 0 Å². The summed E-state index contributed by atoms with van der Waals surface area (Å²) in [6, 6.07) is 0. The van der Waals surface area contributed by atoms with Gasteiger partial charge >= 0.3 is 0 Å². The second-order valence-corrected chi connectivity index (χ2v) is 3.47. The topological polar surface area (TPSA) is 12.4 Å². The highest BCUT2D eigenvalue weighted by molar-refractivity contribution is 7.99. The van der Waals surface area contributed by atoms with Gasteiger partial charge in [-0.3, -0.25) is 4.99 Å². The van der Waals surface area contributed by atoms with Crippen molar-refractivity contribution in [3.05, 3.63) is 11.6 Å². The molecule has 0 aliphatic rings. The molecule has 0 rings (SSSR count). The Morgan fingerprint density at radius 1 is 1.64 bits per heavy atom. The first-order valence-corrected chi connectivity index (χ1v) is 5.23. The summed E-state index contributed by atoms with van der Waals surface area (Å²) in [6.07, 6.45) is 6.22. The first kappa shape index (κ1) is 10.8. The smallest absolute Gasteiger partial charge is 0.0361 e. The van der Waals surface area contributed by atoms with E-state index < -0.39 is 0 Å². The average molecular weight is 171 g/mol. The molecule has 0 radical (unpaired) electrons. The van der Waals surface area contributed by atoms with Gasteiger partial charge in [-0.1, -0.05) is 6.08 Å². The lowest BCUT2D eigenvalue weighted by molar-refractivity contribution is 1.12. The number of allylic oxidation sites excluding steroid dienone is 1. The molecular formula is C9H17NS.